The van der Waals surface area contributed by atoms with Crippen molar-refractivity contribution in [1.82, 2.24) is 0 Å². The zero-order valence-corrected chi connectivity index (χ0v) is 30.2. The van der Waals surface area contributed by atoms with Gasteiger partial charge < -0.3 is 59.1 Å². The normalized spacial score (nSPS) is 59.4. The average molecular weight is 711 g/mol. The molecule has 0 amide bonds. The van der Waals surface area contributed by atoms with Crippen LogP contribution in [-0.4, -0.2) is 124 Å². The van der Waals surface area contributed by atoms with E-state index < -0.39 is 61.9 Å². The Morgan fingerprint density at radius 3 is 2.24 bits per heavy atom. The van der Waals surface area contributed by atoms with E-state index in [9.17, 15) is 30.6 Å². The van der Waals surface area contributed by atoms with Gasteiger partial charge in [-0.2, -0.15) is 0 Å². The van der Waals surface area contributed by atoms with Gasteiger partial charge in [0.15, 0.2) is 18.4 Å². The van der Waals surface area contributed by atoms with Gasteiger partial charge in [0.1, 0.15) is 42.7 Å². The summed E-state index contributed by atoms with van der Waals surface area (Å²) in [6.45, 7) is 9.79. The fourth-order valence-corrected chi connectivity index (χ4v) is 12.9. The summed E-state index contributed by atoms with van der Waals surface area (Å²) in [4.78, 5) is 0. The SMILES string of the molecule is CC1CC[C@@]2(OC1)O[C@H]1C[C@H]3[C@@H]4CCC5C[C@@H](O[C@@H]6O[C@H](CO)[C@@H](O[C@@H]7OC[C@H](O)[C@H](O)[C@H]7O)[C@H](O)[C@H]6O)CC[C@]5(C)[C@H]4CC[C@]3(C)[C@H]1[C@@H]2C. The first-order valence-corrected chi connectivity index (χ1v) is 19.7. The van der Waals surface area contributed by atoms with Crippen molar-refractivity contribution in [2.24, 2.45) is 52.3 Å². The lowest BCUT2D eigenvalue weighted by Crippen LogP contribution is -2.63. The number of aliphatic hydroxyl groups excluding tert-OH is 6. The fourth-order valence-electron chi connectivity index (χ4n) is 12.9. The monoisotopic (exact) mass is 710 g/mol. The highest BCUT2D eigenvalue weighted by molar-refractivity contribution is 5.15. The highest BCUT2D eigenvalue weighted by Crippen LogP contribution is 2.71. The summed E-state index contributed by atoms with van der Waals surface area (Å²) in [5.41, 5.74) is 0.502. The highest BCUT2D eigenvalue weighted by atomic mass is 16.7. The Balaban J connectivity index is 0.894. The van der Waals surface area contributed by atoms with Crippen LogP contribution in [0.15, 0.2) is 0 Å². The molecule has 2 unspecified atom stereocenters. The van der Waals surface area contributed by atoms with Gasteiger partial charge in [-0.15, -0.1) is 0 Å². The molecule has 8 rings (SSSR count). The van der Waals surface area contributed by atoms with E-state index in [1.807, 2.05) is 0 Å². The van der Waals surface area contributed by atoms with Crippen LogP contribution in [0.1, 0.15) is 91.9 Å². The molecule has 8 aliphatic rings. The lowest BCUT2D eigenvalue weighted by molar-refractivity contribution is -0.354. The van der Waals surface area contributed by atoms with E-state index in [1.54, 1.807) is 0 Å². The Hall–Kier alpha value is -0.480. The summed E-state index contributed by atoms with van der Waals surface area (Å²) in [5.74, 6) is 3.74. The molecule has 1 spiro atoms. The summed E-state index contributed by atoms with van der Waals surface area (Å²) in [6, 6.07) is 0. The van der Waals surface area contributed by atoms with Gasteiger partial charge in [0.2, 0.25) is 0 Å². The number of ether oxygens (including phenoxy) is 6. The van der Waals surface area contributed by atoms with Crippen molar-refractivity contribution in [2.75, 3.05) is 19.8 Å². The van der Waals surface area contributed by atoms with Crippen molar-refractivity contribution in [3.8, 4) is 0 Å². The molecule has 0 aromatic heterocycles. The van der Waals surface area contributed by atoms with E-state index in [0.29, 0.717) is 47.5 Å². The number of aliphatic hydroxyl groups is 6. The maximum absolute atomic E-state index is 11.1. The fraction of sp³-hybridized carbons (Fsp3) is 1.00. The third-order valence-corrected chi connectivity index (χ3v) is 15.8. The Kier molecular flexibility index (Phi) is 9.76. The molecule has 0 bridgehead atoms. The molecule has 4 aliphatic carbocycles. The molecule has 6 N–H and O–H groups in total. The molecule has 50 heavy (non-hydrogen) atoms. The molecular formula is C38H62O12. The van der Waals surface area contributed by atoms with Crippen molar-refractivity contribution in [3.05, 3.63) is 0 Å². The molecule has 286 valence electrons. The molecule has 4 aliphatic heterocycles. The van der Waals surface area contributed by atoms with E-state index >= 15 is 0 Å². The molecule has 4 saturated heterocycles. The maximum Gasteiger partial charge on any atom is 0.186 e. The lowest BCUT2D eigenvalue weighted by Gasteiger charge is -2.61. The third-order valence-electron chi connectivity index (χ3n) is 15.8. The Labute approximate surface area is 296 Å². The quantitative estimate of drug-likeness (QED) is 0.230. The smallest absolute Gasteiger partial charge is 0.186 e. The van der Waals surface area contributed by atoms with Gasteiger partial charge in [-0.3, -0.25) is 0 Å². The summed E-state index contributed by atoms with van der Waals surface area (Å²) < 4.78 is 36.9. The predicted octanol–water partition coefficient (Wildman–Crippen LogP) is 2.08. The van der Waals surface area contributed by atoms with Gasteiger partial charge in [-0.1, -0.05) is 27.7 Å². The molecular weight excluding hydrogens is 648 g/mol. The number of hydrogen-bond acceptors (Lipinski definition) is 12. The molecule has 0 radical (unpaired) electrons. The first-order chi connectivity index (χ1) is 23.8. The zero-order chi connectivity index (χ0) is 35.3. The van der Waals surface area contributed by atoms with Crippen LogP contribution in [-0.2, 0) is 28.4 Å². The number of hydrogen-bond donors (Lipinski definition) is 6. The van der Waals surface area contributed by atoms with Gasteiger partial charge >= 0.3 is 0 Å². The topological polar surface area (TPSA) is 177 Å². The molecule has 0 aromatic rings. The second-order valence-electron chi connectivity index (χ2n) is 18.3. The van der Waals surface area contributed by atoms with E-state index in [-0.39, 0.29) is 29.3 Å². The molecule has 12 nitrogen and oxygen atoms in total. The standard InChI is InChI=1S/C38H62O12/c1-18-7-12-38(46-16-18)19(2)28-26(50-38)14-24-22-6-5-20-13-21(8-10-36(20,3)23(22)9-11-37(24,28)4)47-35-32(44)30(42)33(27(15-39)48-35)49-34-31(43)29(41)25(40)17-45-34/h18-35,39-44H,5-17H2,1-4H3/t18?,19-,20?,21-,22+,23-,24-,25-,26-,27+,28-,29-,30+,31+,32+,33+,34-,35+,36-,37-,38+/m0/s1. The summed E-state index contributed by atoms with van der Waals surface area (Å²) in [7, 11) is 0. The van der Waals surface area contributed by atoms with Crippen molar-refractivity contribution in [2.45, 2.75) is 165 Å². The van der Waals surface area contributed by atoms with Crippen LogP contribution in [0.5, 0.6) is 0 Å². The van der Waals surface area contributed by atoms with Crippen LogP contribution in [0, 0.1) is 52.3 Å². The minimum atomic E-state index is -1.58. The lowest BCUT2D eigenvalue weighted by atomic mass is 9.44. The Morgan fingerprint density at radius 1 is 0.740 bits per heavy atom. The van der Waals surface area contributed by atoms with Crippen LogP contribution in [0.25, 0.3) is 0 Å². The summed E-state index contributed by atoms with van der Waals surface area (Å²) in [6.07, 6.45) is -1.12. The second kappa shape index (κ2) is 13.4. The average Bonchev–Trinajstić information content (AvgIpc) is 3.55. The first-order valence-electron chi connectivity index (χ1n) is 19.7. The largest absolute Gasteiger partial charge is 0.394 e. The minimum Gasteiger partial charge on any atom is -0.394 e. The van der Waals surface area contributed by atoms with E-state index in [0.717, 1.165) is 45.1 Å². The van der Waals surface area contributed by atoms with Crippen LogP contribution in [0.3, 0.4) is 0 Å². The zero-order valence-electron chi connectivity index (χ0n) is 30.2. The summed E-state index contributed by atoms with van der Waals surface area (Å²) >= 11 is 0. The van der Waals surface area contributed by atoms with Crippen molar-refractivity contribution in [3.63, 3.8) is 0 Å². The molecule has 21 atom stereocenters. The molecule has 8 fully saturated rings. The van der Waals surface area contributed by atoms with Crippen molar-refractivity contribution in [1.29, 1.82) is 0 Å². The Morgan fingerprint density at radius 2 is 1.50 bits per heavy atom. The molecule has 4 saturated carbocycles. The second-order valence-corrected chi connectivity index (χ2v) is 18.3. The minimum absolute atomic E-state index is 0.156. The predicted molar refractivity (Wildman–Crippen MR) is 177 cm³/mol. The highest BCUT2D eigenvalue weighted by Gasteiger charge is 2.69. The van der Waals surface area contributed by atoms with Crippen LogP contribution >= 0.6 is 0 Å². The van der Waals surface area contributed by atoms with E-state index in [1.165, 1.54) is 25.7 Å². The van der Waals surface area contributed by atoms with E-state index in [2.05, 4.69) is 27.7 Å². The molecule has 4 heterocycles. The van der Waals surface area contributed by atoms with Crippen molar-refractivity contribution < 1.29 is 59.1 Å². The van der Waals surface area contributed by atoms with Gasteiger partial charge in [0, 0.05) is 12.3 Å². The third kappa shape index (κ3) is 5.68. The number of fused-ring (bicyclic) bond motifs is 7. The van der Waals surface area contributed by atoms with Crippen molar-refractivity contribution >= 4 is 0 Å². The maximum atomic E-state index is 11.1. The van der Waals surface area contributed by atoms with Gasteiger partial charge in [0.05, 0.1) is 32.0 Å². The van der Waals surface area contributed by atoms with Crippen LogP contribution in [0.4, 0.5) is 0 Å². The van der Waals surface area contributed by atoms with Gasteiger partial charge in [-0.25, -0.2) is 0 Å². The van der Waals surface area contributed by atoms with Gasteiger partial charge in [0.25, 0.3) is 0 Å². The van der Waals surface area contributed by atoms with E-state index in [4.69, 9.17) is 28.4 Å². The van der Waals surface area contributed by atoms with Crippen LogP contribution < -0.4 is 0 Å². The first kappa shape index (κ1) is 36.5. The van der Waals surface area contributed by atoms with Gasteiger partial charge in [-0.05, 0) is 104 Å². The summed E-state index contributed by atoms with van der Waals surface area (Å²) in [5, 5.41) is 62.4. The Bertz CT molecular complexity index is 1210. The molecule has 12 heteroatoms. The molecule has 0 aromatic carbocycles. The number of rotatable bonds is 5. The van der Waals surface area contributed by atoms with Crippen LogP contribution in [0.2, 0.25) is 0 Å².